The number of piperazine rings is 1. The van der Waals surface area contributed by atoms with Gasteiger partial charge in [0.2, 0.25) is 5.91 Å². The summed E-state index contributed by atoms with van der Waals surface area (Å²) in [4.78, 5) is 16.5. The molecule has 0 radical (unpaired) electrons. The number of anilines is 1. The summed E-state index contributed by atoms with van der Waals surface area (Å²) in [5.41, 5.74) is 6.43. The van der Waals surface area contributed by atoms with E-state index in [-0.39, 0.29) is 43.1 Å². The standard InChI is InChI=1S/C17H25ClN4O.3ClH/c18-14-4-1-2-5-15(14)22-12-10-21(11-13-22)9-3-8-20-16(23)17(19)6-7-17;;;/h1-2,4-5H,3,6-13,19H2,(H,20,23);3*1H. The lowest BCUT2D eigenvalue weighted by molar-refractivity contribution is -0.123. The minimum Gasteiger partial charge on any atom is -0.368 e. The van der Waals surface area contributed by atoms with Crippen molar-refractivity contribution in [3.05, 3.63) is 29.3 Å². The van der Waals surface area contributed by atoms with Crippen LogP contribution in [0.2, 0.25) is 5.02 Å². The number of nitrogens with zero attached hydrogens (tertiary/aromatic N) is 2. The van der Waals surface area contributed by atoms with Crippen LogP contribution in [-0.4, -0.2) is 55.6 Å². The number of hydrogen-bond donors (Lipinski definition) is 2. The van der Waals surface area contributed by atoms with Crippen molar-refractivity contribution in [2.24, 2.45) is 5.73 Å². The first-order valence-corrected chi connectivity index (χ1v) is 8.75. The molecule has 1 amide bonds. The highest BCUT2D eigenvalue weighted by atomic mass is 35.5. The Morgan fingerprint density at radius 3 is 2.31 bits per heavy atom. The summed E-state index contributed by atoms with van der Waals surface area (Å²) < 4.78 is 0. The summed E-state index contributed by atoms with van der Waals surface area (Å²) in [5, 5.41) is 3.77. The molecular weight excluding hydrogens is 418 g/mol. The third-order valence-electron chi connectivity index (χ3n) is 4.74. The van der Waals surface area contributed by atoms with Crippen molar-refractivity contribution in [1.29, 1.82) is 0 Å². The van der Waals surface area contributed by atoms with Crippen LogP contribution in [0.5, 0.6) is 0 Å². The molecule has 1 saturated carbocycles. The molecule has 2 fully saturated rings. The first kappa shape index (κ1) is 25.6. The van der Waals surface area contributed by atoms with Crippen LogP contribution >= 0.6 is 48.8 Å². The van der Waals surface area contributed by atoms with Gasteiger partial charge in [0.25, 0.3) is 0 Å². The lowest BCUT2D eigenvalue weighted by Gasteiger charge is -2.36. The zero-order valence-corrected chi connectivity index (χ0v) is 17.9. The Kier molecular flexibility index (Phi) is 11.2. The lowest BCUT2D eigenvalue weighted by Crippen LogP contribution is -2.47. The third-order valence-corrected chi connectivity index (χ3v) is 5.06. The van der Waals surface area contributed by atoms with Crippen molar-refractivity contribution in [3.63, 3.8) is 0 Å². The molecule has 5 nitrogen and oxygen atoms in total. The van der Waals surface area contributed by atoms with Crippen molar-refractivity contribution in [2.75, 3.05) is 44.2 Å². The van der Waals surface area contributed by atoms with E-state index in [4.69, 9.17) is 17.3 Å². The molecule has 1 aliphatic carbocycles. The zero-order valence-electron chi connectivity index (χ0n) is 14.7. The van der Waals surface area contributed by atoms with Gasteiger partial charge in [-0.25, -0.2) is 0 Å². The molecule has 1 aromatic rings. The van der Waals surface area contributed by atoms with Gasteiger partial charge in [-0.3, -0.25) is 9.69 Å². The molecule has 3 rings (SSSR count). The fourth-order valence-corrected chi connectivity index (χ4v) is 3.22. The molecule has 9 heteroatoms. The molecule has 0 aromatic heterocycles. The highest BCUT2D eigenvalue weighted by Crippen LogP contribution is 2.32. The predicted octanol–water partition coefficient (Wildman–Crippen LogP) is 2.73. The van der Waals surface area contributed by atoms with E-state index in [2.05, 4.69) is 21.2 Å². The van der Waals surface area contributed by atoms with Gasteiger partial charge < -0.3 is 16.0 Å². The van der Waals surface area contributed by atoms with E-state index >= 15 is 0 Å². The van der Waals surface area contributed by atoms with Gasteiger partial charge in [-0.05, 0) is 37.9 Å². The molecule has 3 N–H and O–H groups in total. The first-order chi connectivity index (χ1) is 11.1. The van der Waals surface area contributed by atoms with Crippen molar-refractivity contribution >= 4 is 60.4 Å². The van der Waals surface area contributed by atoms with E-state index in [9.17, 15) is 4.79 Å². The van der Waals surface area contributed by atoms with Gasteiger partial charge in [0.05, 0.1) is 16.2 Å². The first-order valence-electron chi connectivity index (χ1n) is 8.37. The summed E-state index contributed by atoms with van der Waals surface area (Å²) in [6, 6.07) is 8.01. The predicted molar refractivity (Wildman–Crippen MR) is 116 cm³/mol. The van der Waals surface area contributed by atoms with Crippen LogP contribution in [0.25, 0.3) is 0 Å². The highest BCUT2D eigenvalue weighted by molar-refractivity contribution is 6.33. The minimum absolute atomic E-state index is 0. The molecular formula is C17H28Cl4N4O. The van der Waals surface area contributed by atoms with Crippen LogP contribution in [0, 0.1) is 0 Å². The molecule has 2 aliphatic rings. The van der Waals surface area contributed by atoms with Crippen LogP contribution in [0.3, 0.4) is 0 Å². The van der Waals surface area contributed by atoms with Gasteiger partial charge in [0, 0.05) is 32.7 Å². The van der Waals surface area contributed by atoms with E-state index in [1.54, 1.807) is 0 Å². The summed E-state index contributed by atoms with van der Waals surface area (Å²) in [6.07, 6.45) is 2.61. The van der Waals surface area contributed by atoms with Crippen molar-refractivity contribution in [3.8, 4) is 0 Å². The van der Waals surface area contributed by atoms with E-state index < -0.39 is 5.54 Å². The maximum Gasteiger partial charge on any atom is 0.240 e. The van der Waals surface area contributed by atoms with Crippen LogP contribution in [0.1, 0.15) is 19.3 Å². The minimum atomic E-state index is -0.555. The Morgan fingerprint density at radius 1 is 1.12 bits per heavy atom. The van der Waals surface area contributed by atoms with E-state index in [0.717, 1.165) is 62.7 Å². The smallest absolute Gasteiger partial charge is 0.240 e. The third kappa shape index (κ3) is 6.63. The SMILES string of the molecule is Cl.Cl.Cl.NC1(C(=O)NCCCN2CCN(c3ccccc3Cl)CC2)CC1. The monoisotopic (exact) mass is 444 g/mol. The average molecular weight is 446 g/mol. The second-order valence-corrected chi connectivity index (χ2v) is 6.95. The molecule has 0 unspecified atom stereocenters. The Hall–Kier alpha value is -0.430. The molecule has 1 saturated heterocycles. The van der Waals surface area contributed by atoms with E-state index in [1.165, 1.54) is 0 Å². The second-order valence-electron chi connectivity index (χ2n) is 6.55. The van der Waals surface area contributed by atoms with Gasteiger partial charge in [0.1, 0.15) is 0 Å². The summed E-state index contributed by atoms with van der Waals surface area (Å²) in [6.45, 7) is 5.75. The molecule has 0 bridgehead atoms. The number of carbonyl (C=O) groups excluding carboxylic acids is 1. The average Bonchev–Trinajstić information content (AvgIpc) is 3.32. The van der Waals surface area contributed by atoms with Crippen molar-refractivity contribution in [2.45, 2.75) is 24.8 Å². The molecule has 150 valence electrons. The number of amides is 1. The van der Waals surface area contributed by atoms with Gasteiger partial charge >= 0.3 is 0 Å². The fraction of sp³-hybridized carbons (Fsp3) is 0.588. The summed E-state index contributed by atoms with van der Waals surface area (Å²) in [7, 11) is 0. The van der Waals surface area contributed by atoms with Gasteiger partial charge in [0.15, 0.2) is 0 Å². The molecule has 1 heterocycles. The molecule has 0 atom stereocenters. The van der Waals surface area contributed by atoms with Crippen molar-refractivity contribution in [1.82, 2.24) is 10.2 Å². The normalized spacial score (nSPS) is 18.0. The number of halogens is 4. The summed E-state index contributed by atoms with van der Waals surface area (Å²) in [5.74, 6) is 0.0149. The van der Waals surface area contributed by atoms with Gasteiger partial charge in [-0.1, -0.05) is 23.7 Å². The van der Waals surface area contributed by atoms with Crippen LogP contribution < -0.4 is 16.0 Å². The Bertz CT molecular complexity index is 563. The number of rotatable bonds is 6. The Balaban J connectivity index is 0.00000208. The van der Waals surface area contributed by atoms with Crippen LogP contribution in [0.15, 0.2) is 24.3 Å². The number of para-hydroxylation sites is 1. The number of benzene rings is 1. The lowest BCUT2D eigenvalue weighted by atomic mass is 10.2. The summed E-state index contributed by atoms with van der Waals surface area (Å²) >= 11 is 6.26. The largest absolute Gasteiger partial charge is 0.368 e. The quantitative estimate of drug-likeness (QED) is 0.660. The number of hydrogen-bond acceptors (Lipinski definition) is 4. The maximum atomic E-state index is 11.7. The zero-order chi connectivity index (χ0) is 16.3. The second kappa shape index (κ2) is 11.4. The Labute approximate surface area is 179 Å². The molecule has 1 aromatic carbocycles. The van der Waals surface area contributed by atoms with Crippen LogP contribution in [0.4, 0.5) is 5.69 Å². The number of nitrogens with one attached hydrogen (secondary N) is 1. The maximum absolute atomic E-state index is 11.7. The van der Waals surface area contributed by atoms with Crippen LogP contribution in [-0.2, 0) is 4.79 Å². The van der Waals surface area contributed by atoms with Gasteiger partial charge in [-0.15, -0.1) is 37.2 Å². The molecule has 1 aliphatic heterocycles. The number of carbonyl (C=O) groups is 1. The van der Waals surface area contributed by atoms with E-state index in [0.29, 0.717) is 6.54 Å². The molecule has 26 heavy (non-hydrogen) atoms. The Morgan fingerprint density at radius 2 is 1.73 bits per heavy atom. The fourth-order valence-electron chi connectivity index (χ4n) is 2.96. The topological polar surface area (TPSA) is 61.6 Å². The van der Waals surface area contributed by atoms with Crippen molar-refractivity contribution < 1.29 is 4.79 Å². The highest BCUT2D eigenvalue weighted by Gasteiger charge is 2.45. The van der Waals surface area contributed by atoms with Gasteiger partial charge in [-0.2, -0.15) is 0 Å². The number of nitrogens with two attached hydrogens (primary N) is 1. The van der Waals surface area contributed by atoms with E-state index in [1.807, 2.05) is 18.2 Å². The molecule has 0 spiro atoms.